The fourth-order valence-electron chi connectivity index (χ4n) is 0.717. The van der Waals surface area contributed by atoms with E-state index < -0.39 is 13.5 Å². The molecule has 0 spiro atoms. The van der Waals surface area contributed by atoms with E-state index in [1.54, 1.807) is 13.0 Å². The first-order valence-corrected chi connectivity index (χ1v) is 6.08. The lowest BCUT2D eigenvalue weighted by Gasteiger charge is -2.17. The van der Waals surface area contributed by atoms with Gasteiger partial charge < -0.3 is 9.26 Å². The number of carbonyl (C=O) groups excluding carboxylic acids is 1. The maximum Gasteiger partial charge on any atom is 0.306 e. The standard InChI is InChI=1S/C8H16NO4P/c1-4-6-9-14(11,13-5-2)7-12-8(3)10/h4H,1,5-7H2,2-3H3,(H,9,11). The van der Waals surface area contributed by atoms with Gasteiger partial charge >= 0.3 is 13.5 Å². The number of esters is 1. The van der Waals surface area contributed by atoms with Gasteiger partial charge in [0, 0.05) is 13.5 Å². The zero-order valence-electron chi connectivity index (χ0n) is 8.49. The van der Waals surface area contributed by atoms with Crippen LogP contribution in [-0.4, -0.2) is 25.5 Å². The van der Waals surface area contributed by atoms with Gasteiger partial charge in [0.15, 0.2) is 6.35 Å². The monoisotopic (exact) mass is 221 g/mol. The van der Waals surface area contributed by atoms with Crippen LogP contribution in [-0.2, 0) is 18.6 Å². The number of carbonyl (C=O) groups is 1. The molecule has 0 aliphatic rings. The predicted molar refractivity (Wildman–Crippen MR) is 54.1 cm³/mol. The van der Waals surface area contributed by atoms with E-state index >= 15 is 0 Å². The van der Waals surface area contributed by atoms with Crippen LogP contribution in [0.4, 0.5) is 0 Å². The van der Waals surface area contributed by atoms with Crippen LogP contribution in [0.2, 0.25) is 0 Å². The summed E-state index contributed by atoms with van der Waals surface area (Å²) in [6.45, 7) is 7.08. The fourth-order valence-corrected chi connectivity index (χ4v) is 2.15. The average molecular weight is 221 g/mol. The minimum Gasteiger partial charge on any atom is -0.454 e. The lowest BCUT2D eigenvalue weighted by Crippen LogP contribution is -2.17. The Kier molecular flexibility index (Phi) is 6.45. The molecule has 0 aliphatic heterocycles. The second-order valence-electron chi connectivity index (χ2n) is 2.51. The van der Waals surface area contributed by atoms with Gasteiger partial charge in [-0.05, 0) is 6.92 Å². The molecule has 0 amide bonds. The van der Waals surface area contributed by atoms with E-state index in [0.717, 1.165) is 0 Å². The van der Waals surface area contributed by atoms with Crippen LogP contribution in [0.1, 0.15) is 13.8 Å². The molecule has 1 atom stereocenters. The van der Waals surface area contributed by atoms with Crippen molar-refractivity contribution in [3.63, 3.8) is 0 Å². The number of rotatable bonds is 7. The van der Waals surface area contributed by atoms with E-state index in [0.29, 0.717) is 13.2 Å². The molecule has 1 N–H and O–H groups in total. The topological polar surface area (TPSA) is 64.6 Å². The smallest absolute Gasteiger partial charge is 0.306 e. The molecule has 14 heavy (non-hydrogen) atoms. The minimum absolute atomic E-state index is 0.246. The van der Waals surface area contributed by atoms with E-state index in [-0.39, 0.29) is 6.35 Å². The van der Waals surface area contributed by atoms with Gasteiger partial charge in [0.2, 0.25) is 0 Å². The van der Waals surface area contributed by atoms with Gasteiger partial charge in [0.05, 0.1) is 6.61 Å². The highest BCUT2D eigenvalue weighted by molar-refractivity contribution is 7.56. The molecule has 0 rings (SSSR count). The largest absolute Gasteiger partial charge is 0.454 e. The number of nitrogens with one attached hydrogen (secondary N) is 1. The fraction of sp³-hybridized carbons (Fsp3) is 0.625. The van der Waals surface area contributed by atoms with Crippen LogP contribution < -0.4 is 5.09 Å². The van der Waals surface area contributed by atoms with Gasteiger partial charge in [-0.25, -0.2) is 5.09 Å². The van der Waals surface area contributed by atoms with Crippen molar-refractivity contribution in [1.29, 1.82) is 0 Å². The molecule has 0 bridgehead atoms. The zero-order valence-corrected chi connectivity index (χ0v) is 9.38. The van der Waals surface area contributed by atoms with E-state index in [9.17, 15) is 9.36 Å². The highest BCUT2D eigenvalue weighted by Gasteiger charge is 2.22. The summed E-state index contributed by atoms with van der Waals surface area (Å²) in [5, 5.41) is 2.64. The van der Waals surface area contributed by atoms with Crippen molar-refractivity contribution in [2.24, 2.45) is 0 Å². The number of hydrogen-bond donors (Lipinski definition) is 1. The second kappa shape index (κ2) is 6.76. The Morgan fingerprint density at radius 2 is 2.29 bits per heavy atom. The zero-order chi connectivity index (χ0) is 11.0. The molecule has 0 saturated carbocycles. The SMILES string of the molecule is C=CCNP(=O)(COC(C)=O)OCC. The van der Waals surface area contributed by atoms with E-state index in [1.807, 2.05) is 0 Å². The third-order valence-electron chi connectivity index (χ3n) is 1.25. The summed E-state index contributed by atoms with van der Waals surface area (Å²) in [5.41, 5.74) is 0. The van der Waals surface area contributed by atoms with Gasteiger partial charge in [0.1, 0.15) is 0 Å². The Morgan fingerprint density at radius 3 is 2.71 bits per heavy atom. The maximum atomic E-state index is 11.8. The van der Waals surface area contributed by atoms with Crippen LogP contribution in [0.25, 0.3) is 0 Å². The summed E-state index contributed by atoms with van der Waals surface area (Å²) >= 11 is 0. The van der Waals surface area contributed by atoms with E-state index in [2.05, 4.69) is 16.4 Å². The maximum absolute atomic E-state index is 11.8. The van der Waals surface area contributed by atoms with Gasteiger partial charge in [0.25, 0.3) is 0 Å². The molecular formula is C8H16NO4P. The molecule has 1 unspecified atom stereocenters. The minimum atomic E-state index is -3.05. The molecule has 0 fully saturated rings. The summed E-state index contributed by atoms with van der Waals surface area (Å²) in [7, 11) is -3.05. The van der Waals surface area contributed by atoms with Crippen molar-refractivity contribution in [1.82, 2.24) is 5.09 Å². The molecule has 82 valence electrons. The third kappa shape index (κ3) is 5.91. The molecule has 0 aliphatic carbocycles. The summed E-state index contributed by atoms with van der Waals surface area (Å²) in [4.78, 5) is 10.5. The van der Waals surface area contributed by atoms with Gasteiger partial charge in [-0.2, -0.15) is 0 Å². The Balaban J connectivity index is 4.15. The molecule has 0 radical (unpaired) electrons. The predicted octanol–water partition coefficient (Wildman–Crippen LogP) is 1.51. The average Bonchev–Trinajstić information content (AvgIpc) is 2.13. The third-order valence-corrected chi connectivity index (χ3v) is 3.06. The number of ether oxygens (including phenoxy) is 1. The van der Waals surface area contributed by atoms with Crippen molar-refractivity contribution in [2.75, 3.05) is 19.5 Å². The highest BCUT2D eigenvalue weighted by Crippen LogP contribution is 2.41. The Labute approximate surface area is 84.0 Å². The Hall–Kier alpha value is -0.640. The lowest BCUT2D eigenvalue weighted by atomic mass is 10.7. The Morgan fingerprint density at radius 1 is 1.64 bits per heavy atom. The van der Waals surface area contributed by atoms with Crippen molar-refractivity contribution in [3.05, 3.63) is 12.7 Å². The summed E-state index contributed by atoms with van der Waals surface area (Å²) < 4.78 is 21.5. The summed E-state index contributed by atoms with van der Waals surface area (Å²) in [5.74, 6) is -0.481. The lowest BCUT2D eigenvalue weighted by molar-refractivity contribution is -0.139. The van der Waals surface area contributed by atoms with Gasteiger partial charge in [-0.15, -0.1) is 6.58 Å². The summed E-state index contributed by atoms with van der Waals surface area (Å²) in [6.07, 6.45) is 1.31. The molecule has 0 aromatic rings. The van der Waals surface area contributed by atoms with Crippen LogP contribution in [0.15, 0.2) is 12.7 Å². The van der Waals surface area contributed by atoms with Gasteiger partial charge in [-0.3, -0.25) is 9.36 Å². The first-order chi connectivity index (χ1) is 6.54. The van der Waals surface area contributed by atoms with Crippen LogP contribution in [0.3, 0.4) is 0 Å². The van der Waals surface area contributed by atoms with Crippen molar-refractivity contribution >= 4 is 13.5 Å². The first kappa shape index (κ1) is 13.4. The molecular weight excluding hydrogens is 205 g/mol. The van der Waals surface area contributed by atoms with Crippen molar-refractivity contribution < 1.29 is 18.6 Å². The van der Waals surface area contributed by atoms with Crippen molar-refractivity contribution in [2.45, 2.75) is 13.8 Å². The van der Waals surface area contributed by atoms with E-state index in [1.165, 1.54) is 6.92 Å². The molecule has 0 saturated heterocycles. The Bertz CT molecular complexity index is 241. The molecule has 5 nitrogen and oxygen atoms in total. The molecule has 0 heterocycles. The van der Waals surface area contributed by atoms with E-state index in [4.69, 9.17) is 4.52 Å². The molecule has 0 aromatic carbocycles. The molecule has 0 aromatic heterocycles. The summed E-state index contributed by atoms with van der Waals surface area (Å²) in [6, 6.07) is 0. The van der Waals surface area contributed by atoms with Crippen LogP contribution in [0.5, 0.6) is 0 Å². The van der Waals surface area contributed by atoms with Crippen LogP contribution in [0, 0.1) is 0 Å². The van der Waals surface area contributed by atoms with Gasteiger partial charge in [-0.1, -0.05) is 6.08 Å². The highest BCUT2D eigenvalue weighted by atomic mass is 31.2. The normalized spacial score (nSPS) is 14.4. The number of hydrogen-bond acceptors (Lipinski definition) is 4. The van der Waals surface area contributed by atoms with Crippen molar-refractivity contribution in [3.8, 4) is 0 Å². The quantitative estimate of drug-likeness (QED) is 0.401. The first-order valence-electron chi connectivity index (χ1n) is 4.27. The second-order valence-corrected chi connectivity index (χ2v) is 4.69. The van der Waals surface area contributed by atoms with Crippen LogP contribution >= 0.6 is 7.52 Å². The molecule has 6 heteroatoms.